The van der Waals surface area contributed by atoms with Crippen LogP contribution in [0.3, 0.4) is 0 Å². The van der Waals surface area contributed by atoms with Gasteiger partial charge in [0.15, 0.2) is 11.8 Å². The Bertz CT molecular complexity index is 456. The average Bonchev–Trinajstić information content (AvgIpc) is 2.72. The van der Waals surface area contributed by atoms with E-state index < -0.39 is 17.9 Å². The fourth-order valence-corrected chi connectivity index (χ4v) is 2.08. The van der Waals surface area contributed by atoms with Crippen LogP contribution < -0.4 is 0 Å². The molecule has 1 aromatic rings. The first-order valence-electron chi connectivity index (χ1n) is 6.23. The second-order valence-electron chi connectivity index (χ2n) is 5.02. The largest absolute Gasteiger partial charge is 0.348 e. The Balaban J connectivity index is 2.00. The molecule has 1 aromatic carbocycles. The van der Waals surface area contributed by atoms with Crippen molar-refractivity contribution in [3.63, 3.8) is 0 Å². The number of ether oxygens (including phenoxy) is 2. The lowest BCUT2D eigenvalue weighted by molar-refractivity contribution is -0.176. The summed E-state index contributed by atoms with van der Waals surface area (Å²) in [6.07, 6.45) is -0.450. The molecule has 1 heterocycles. The number of nitrogens with zero attached hydrogens (tertiary/aromatic N) is 2. The minimum Gasteiger partial charge on any atom is -0.348 e. The molecule has 1 saturated heterocycles. The van der Waals surface area contributed by atoms with Crippen molar-refractivity contribution in [2.45, 2.75) is 38.3 Å². The normalized spacial score (nSPS) is 23.2. The first kappa shape index (κ1) is 14.0. The van der Waals surface area contributed by atoms with Gasteiger partial charge in [0.25, 0.3) is 0 Å². The zero-order valence-electron chi connectivity index (χ0n) is 11.1. The van der Waals surface area contributed by atoms with Gasteiger partial charge in [0.2, 0.25) is 0 Å². The molecule has 2 rings (SSSR count). The molecule has 0 radical (unpaired) electrons. The average molecular weight is 262 g/mol. The first-order valence-corrected chi connectivity index (χ1v) is 6.23. The van der Waals surface area contributed by atoms with E-state index in [9.17, 15) is 10.5 Å². The SMILES string of the molecule is CC1(C)OC[C@H]([C@@H](C#N)N(O)Cc2ccccc2)O1. The molecule has 102 valence electrons. The predicted molar refractivity (Wildman–Crippen MR) is 68.1 cm³/mol. The van der Waals surface area contributed by atoms with Gasteiger partial charge < -0.3 is 14.7 Å². The first-order chi connectivity index (χ1) is 9.02. The Morgan fingerprint density at radius 2 is 2.16 bits per heavy atom. The maximum absolute atomic E-state index is 10.1. The van der Waals surface area contributed by atoms with Gasteiger partial charge in [-0.3, -0.25) is 0 Å². The van der Waals surface area contributed by atoms with Crippen molar-refractivity contribution in [3.8, 4) is 6.07 Å². The van der Waals surface area contributed by atoms with Crippen LogP contribution in [-0.4, -0.2) is 34.8 Å². The van der Waals surface area contributed by atoms with Gasteiger partial charge in [-0.15, -0.1) is 0 Å². The third-order valence-corrected chi connectivity index (χ3v) is 3.02. The number of hydrogen-bond donors (Lipinski definition) is 1. The van der Waals surface area contributed by atoms with Gasteiger partial charge in [-0.05, 0) is 19.4 Å². The number of nitriles is 1. The third kappa shape index (κ3) is 3.52. The standard InChI is InChI=1S/C14H18N2O3/c1-14(2)18-10-13(19-14)12(8-15)16(17)9-11-6-4-3-5-7-11/h3-7,12-13,17H,9-10H2,1-2H3/t12-,13-/m1/s1. The van der Waals surface area contributed by atoms with Crippen molar-refractivity contribution in [1.82, 2.24) is 5.06 Å². The topological polar surface area (TPSA) is 65.7 Å². The monoisotopic (exact) mass is 262 g/mol. The van der Waals surface area contributed by atoms with E-state index in [1.54, 1.807) is 13.8 Å². The fourth-order valence-electron chi connectivity index (χ4n) is 2.08. The van der Waals surface area contributed by atoms with E-state index in [4.69, 9.17) is 9.47 Å². The molecule has 0 spiro atoms. The van der Waals surface area contributed by atoms with Crippen LogP contribution in [0, 0.1) is 11.3 Å². The van der Waals surface area contributed by atoms with Gasteiger partial charge in [-0.25, -0.2) is 0 Å². The predicted octanol–water partition coefficient (Wildman–Crippen LogP) is 1.92. The second kappa shape index (κ2) is 5.68. The van der Waals surface area contributed by atoms with Gasteiger partial charge in [0, 0.05) is 0 Å². The Morgan fingerprint density at radius 1 is 1.47 bits per heavy atom. The van der Waals surface area contributed by atoms with Crippen LogP contribution in [0.1, 0.15) is 19.4 Å². The number of benzene rings is 1. The summed E-state index contributed by atoms with van der Waals surface area (Å²) in [4.78, 5) is 0. The highest BCUT2D eigenvalue weighted by Crippen LogP contribution is 2.26. The second-order valence-corrected chi connectivity index (χ2v) is 5.02. The third-order valence-electron chi connectivity index (χ3n) is 3.02. The molecule has 0 bridgehead atoms. The maximum atomic E-state index is 10.1. The fraction of sp³-hybridized carbons (Fsp3) is 0.500. The highest BCUT2D eigenvalue weighted by Gasteiger charge is 2.39. The lowest BCUT2D eigenvalue weighted by Gasteiger charge is -2.25. The van der Waals surface area contributed by atoms with Crippen LogP contribution in [0.2, 0.25) is 0 Å². The Kier molecular flexibility index (Phi) is 4.17. The van der Waals surface area contributed by atoms with Crippen molar-refractivity contribution >= 4 is 0 Å². The number of rotatable bonds is 4. The molecule has 0 aliphatic carbocycles. The summed E-state index contributed by atoms with van der Waals surface area (Å²) in [5.41, 5.74) is 0.934. The highest BCUT2D eigenvalue weighted by atomic mass is 16.7. The van der Waals surface area contributed by atoms with Crippen LogP contribution in [-0.2, 0) is 16.0 Å². The summed E-state index contributed by atoms with van der Waals surface area (Å²) in [6.45, 7) is 4.16. The van der Waals surface area contributed by atoms with Gasteiger partial charge >= 0.3 is 0 Å². The van der Waals surface area contributed by atoms with Crippen LogP contribution in [0.5, 0.6) is 0 Å². The Labute approximate surface area is 112 Å². The molecular formula is C14H18N2O3. The zero-order chi connectivity index (χ0) is 13.9. The number of hydrogen-bond acceptors (Lipinski definition) is 5. The van der Waals surface area contributed by atoms with E-state index in [1.165, 1.54) is 0 Å². The molecule has 0 unspecified atom stereocenters. The lowest BCUT2D eigenvalue weighted by atomic mass is 10.1. The molecule has 5 nitrogen and oxygen atoms in total. The van der Waals surface area contributed by atoms with Crippen LogP contribution in [0.4, 0.5) is 0 Å². The summed E-state index contributed by atoms with van der Waals surface area (Å²) < 4.78 is 11.0. The van der Waals surface area contributed by atoms with E-state index in [2.05, 4.69) is 6.07 Å². The Hall–Kier alpha value is -1.45. The quantitative estimate of drug-likeness (QED) is 0.840. The van der Waals surface area contributed by atoms with Gasteiger partial charge in [-0.1, -0.05) is 30.3 Å². The lowest BCUT2D eigenvalue weighted by Crippen LogP contribution is -2.42. The molecule has 1 N–H and O–H groups in total. The van der Waals surface area contributed by atoms with E-state index in [1.807, 2.05) is 30.3 Å². The van der Waals surface area contributed by atoms with Crippen LogP contribution in [0.15, 0.2) is 30.3 Å². The molecule has 5 heteroatoms. The molecule has 0 amide bonds. The minimum absolute atomic E-state index is 0.277. The van der Waals surface area contributed by atoms with Gasteiger partial charge in [0.1, 0.15) is 6.10 Å². The zero-order valence-corrected chi connectivity index (χ0v) is 11.1. The molecule has 1 aliphatic heterocycles. The summed E-state index contributed by atoms with van der Waals surface area (Å²) >= 11 is 0. The van der Waals surface area contributed by atoms with E-state index in [-0.39, 0.29) is 6.54 Å². The molecule has 0 saturated carbocycles. The maximum Gasteiger partial charge on any atom is 0.163 e. The van der Waals surface area contributed by atoms with Crippen LogP contribution >= 0.6 is 0 Å². The molecule has 0 aromatic heterocycles. The van der Waals surface area contributed by atoms with E-state index in [0.717, 1.165) is 10.6 Å². The van der Waals surface area contributed by atoms with Crippen molar-refractivity contribution < 1.29 is 14.7 Å². The smallest absolute Gasteiger partial charge is 0.163 e. The van der Waals surface area contributed by atoms with E-state index >= 15 is 0 Å². The minimum atomic E-state index is -0.748. The van der Waals surface area contributed by atoms with Crippen molar-refractivity contribution in [2.24, 2.45) is 0 Å². The molecule has 19 heavy (non-hydrogen) atoms. The summed E-state index contributed by atoms with van der Waals surface area (Å²) in [5, 5.41) is 20.3. The molecular weight excluding hydrogens is 244 g/mol. The number of hydroxylamine groups is 2. The summed E-state index contributed by atoms with van der Waals surface area (Å²) in [6, 6.07) is 10.8. The summed E-state index contributed by atoms with van der Waals surface area (Å²) in [5.74, 6) is -0.701. The van der Waals surface area contributed by atoms with Gasteiger partial charge in [0.05, 0.1) is 19.2 Å². The van der Waals surface area contributed by atoms with E-state index in [0.29, 0.717) is 6.61 Å². The van der Waals surface area contributed by atoms with Crippen molar-refractivity contribution in [3.05, 3.63) is 35.9 Å². The Morgan fingerprint density at radius 3 is 2.68 bits per heavy atom. The molecule has 1 fully saturated rings. The van der Waals surface area contributed by atoms with Crippen molar-refractivity contribution in [1.29, 1.82) is 5.26 Å². The molecule has 1 aliphatic rings. The molecule has 2 atom stereocenters. The summed E-state index contributed by atoms with van der Waals surface area (Å²) in [7, 11) is 0. The van der Waals surface area contributed by atoms with Crippen molar-refractivity contribution in [2.75, 3.05) is 6.61 Å². The van der Waals surface area contributed by atoms with Crippen LogP contribution in [0.25, 0.3) is 0 Å². The van der Waals surface area contributed by atoms with Gasteiger partial charge in [-0.2, -0.15) is 10.3 Å². The highest BCUT2D eigenvalue weighted by molar-refractivity contribution is 5.14.